The fourth-order valence-corrected chi connectivity index (χ4v) is 2.15. The largest absolute Gasteiger partial charge is 0.312 e. The molecule has 0 aliphatic rings. The molecule has 0 heterocycles. The van der Waals surface area contributed by atoms with Crippen LogP contribution in [0.25, 0.3) is 0 Å². The van der Waals surface area contributed by atoms with Gasteiger partial charge in [-0.05, 0) is 30.0 Å². The lowest BCUT2D eigenvalue weighted by molar-refractivity contribution is 0.511. The fourth-order valence-electron chi connectivity index (χ4n) is 2.15. The van der Waals surface area contributed by atoms with Crippen LogP contribution in [-0.2, 0) is 13.0 Å². The first-order chi connectivity index (χ1) is 8.84. The Bertz CT molecular complexity index is 436. The molecule has 2 aromatic carbocycles. The summed E-state index contributed by atoms with van der Waals surface area (Å²) < 4.78 is 0. The molecule has 1 unspecified atom stereocenters. The van der Waals surface area contributed by atoms with Crippen LogP contribution in [0.3, 0.4) is 0 Å². The average molecular weight is 239 g/mol. The van der Waals surface area contributed by atoms with Crippen LogP contribution in [0.4, 0.5) is 0 Å². The van der Waals surface area contributed by atoms with Crippen LogP contribution in [0, 0.1) is 5.92 Å². The van der Waals surface area contributed by atoms with E-state index >= 15 is 0 Å². The number of nitrogens with one attached hydrogen (secondary N) is 1. The second kappa shape index (κ2) is 6.97. The van der Waals surface area contributed by atoms with E-state index in [1.165, 1.54) is 11.1 Å². The molecule has 0 radical (unpaired) electrons. The molecule has 0 saturated carbocycles. The van der Waals surface area contributed by atoms with Crippen molar-refractivity contribution in [1.82, 2.24) is 5.32 Å². The smallest absolute Gasteiger partial charge is 0.0205 e. The summed E-state index contributed by atoms with van der Waals surface area (Å²) in [5.41, 5.74) is 2.77. The monoisotopic (exact) mass is 239 g/mol. The van der Waals surface area contributed by atoms with Crippen molar-refractivity contribution in [3.8, 4) is 0 Å². The van der Waals surface area contributed by atoms with Crippen molar-refractivity contribution < 1.29 is 0 Å². The van der Waals surface area contributed by atoms with Crippen LogP contribution >= 0.6 is 0 Å². The Morgan fingerprint density at radius 2 is 1.39 bits per heavy atom. The Labute approximate surface area is 110 Å². The molecule has 0 amide bonds. The SMILES string of the molecule is CC(CNCc1ccccc1)Cc1ccccc1. The summed E-state index contributed by atoms with van der Waals surface area (Å²) in [7, 11) is 0. The second-order valence-electron chi connectivity index (χ2n) is 4.91. The van der Waals surface area contributed by atoms with E-state index in [0.717, 1.165) is 19.5 Å². The van der Waals surface area contributed by atoms with Gasteiger partial charge in [-0.15, -0.1) is 0 Å². The topological polar surface area (TPSA) is 12.0 Å². The third-order valence-electron chi connectivity index (χ3n) is 3.09. The maximum absolute atomic E-state index is 3.52. The van der Waals surface area contributed by atoms with E-state index < -0.39 is 0 Å². The number of rotatable bonds is 6. The highest BCUT2D eigenvalue weighted by Crippen LogP contribution is 2.07. The Morgan fingerprint density at radius 1 is 0.833 bits per heavy atom. The number of hydrogen-bond donors (Lipinski definition) is 1. The van der Waals surface area contributed by atoms with Crippen molar-refractivity contribution in [3.05, 3.63) is 71.8 Å². The summed E-state index contributed by atoms with van der Waals surface area (Å²) in [6, 6.07) is 21.3. The molecule has 0 spiro atoms. The van der Waals surface area contributed by atoms with Gasteiger partial charge in [-0.25, -0.2) is 0 Å². The highest BCUT2D eigenvalue weighted by Gasteiger charge is 2.02. The van der Waals surface area contributed by atoms with Crippen LogP contribution in [-0.4, -0.2) is 6.54 Å². The normalized spacial score (nSPS) is 12.3. The quantitative estimate of drug-likeness (QED) is 0.811. The van der Waals surface area contributed by atoms with Crippen LogP contribution in [0.15, 0.2) is 60.7 Å². The summed E-state index contributed by atoms with van der Waals surface area (Å²) >= 11 is 0. The summed E-state index contributed by atoms with van der Waals surface area (Å²) in [5.74, 6) is 0.663. The van der Waals surface area contributed by atoms with Crippen LogP contribution < -0.4 is 5.32 Å². The van der Waals surface area contributed by atoms with E-state index in [0.29, 0.717) is 5.92 Å². The third-order valence-corrected chi connectivity index (χ3v) is 3.09. The summed E-state index contributed by atoms with van der Waals surface area (Å²) in [6.45, 7) is 4.31. The van der Waals surface area contributed by atoms with Gasteiger partial charge in [0.1, 0.15) is 0 Å². The van der Waals surface area contributed by atoms with Crippen molar-refractivity contribution in [3.63, 3.8) is 0 Å². The van der Waals surface area contributed by atoms with Crippen molar-refractivity contribution >= 4 is 0 Å². The number of benzene rings is 2. The first-order valence-electron chi connectivity index (χ1n) is 6.63. The summed E-state index contributed by atoms with van der Waals surface area (Å²) in [5, 5.41) is 3.52. The zero-order chi connectivity index (χ0) is 12.6. The lowest BCUT2D eigenvalue weighted by Gasteiger charge is -2.12. The van der Waals surface area contributed by atoms with Crippen molar-refractivity contribution in [1.29, 1.82) is 0 Å². The Morgan fingerprint density at radius 3 is 2.00 bits per heavy atom. The molecule has 1 heteroatoms. The molecular formula is C17H21N. The van der Waals surface area contributed by atoms with Gasteiger partial charge in [-0.2, -0.15) is 0 Å². The van der Waals surface area contributed by atoms with Crippen LogP contribution in [0.1, 0.15) is 18.1 Å². The molecule has 1 N–H and O–H groups in total. The predicted octanol–water partition coefficient (Wildman–Crippen LogP) is 3.66. The van der Waals surface area contributed by atoms with Gasteiger partial charge in [-0.3, -0.25) is 0 Å². The lowest BCUT2D eigenvalue weighted by Crippen LogP contribution is -2.22. The molecule has 0 aliphatic carbocycles. The van der Waals surface area contributed by atoms with Gasteiger partial charge in [0.25, 0.3) is 0 Å². The van der Waals surface area contributed by atoms with Crippen LogP contribution in [0.2, 0.25) is 0 Å². The molecular weight excluding hydrogens is 218 g/mol. The van der Waals surface area contributed by atoms with E-state index in [9.17, 15) is 0 Å². The Balaban J connectivity index is 1.71. The molecule has 1 nitrogen and oxygen atoms in total. The summed E-state index contributed by atoms with van der Waals surface area (Å²) in [4.78, 5) is 0. The fraction of sp³-hybridized carbons (Fsp3) is 0.294. The molecule has 1 atom stereocenters. The van der Waals surface area contributed by atoms with Gasteiger partial charge >= 0.3 is 0 Å². The predicted molar refractivity (Wildman–Crippen MR) is 77.5 cm³/mol. The van der Waals surface area contributed by atoms with Gasteiger partial charge in [0.2, 0.25) is 0 Å². The first-order valence-corrected chi connectivity index (χ1v) is 6.63. The van der Waals surface area contributed by atoms with Gasteiger partial charge in [0.15, 0.2) is 0 Å². The minimum Gasteiger partial charge on any atom is -0.312 e. The molecule has 0 aliphatic heterocycles. The highest BCUT2D eigenvalue weighted by atomic mass is 14.9. The second-order valence-corrected chi connectivity index (χ2v) is 4.91. The zero-order valence-corrected chi connectivity index (χ0v) is 11.0. The van der Waals surface area contributed by atoms with Gasteiger partial charge in [-0.1, -0.05) is 67.6 Å². The molecule has 18 heavy (non-hydrogen) atoms. The number of hydrogen-bond acceptors (Lipinski definition) is 1. The standard InChI is InChI=1S/C17H21N/c1-15(12-16-8-4-2-5-9-16)13-18-14-17-10-6-3-7-11-17/h2-11,15,18H,12-14H2,1H3. The summed E-state index contributed by atoms with van der Waals surface area (Å²) in [6.07, 6.45) is 1.14. The molecule has 0 aromatic heterocycles. The maximum atomic E-state index is 3.52. The van der Waals surface area contributed by atoms with Crippen molar-refractivity contribution in [2.75, 3.05) is 6.54 Å². The van der Waals surface area contributed by atoms with E-state index in [4.69, 9.17) is 0 Å². The zero-order valence-electron chi connectivity index (χ0n) is 11.0. The van der Waals surface area contributed by atoms with Crippen molar-refractivity contribution in [2.24, 2.45) is 5.92 Å². The van der Waals surface area contributed by atoms with Gasteiger partial charge in [0, 0.05) is 6.54 Å². The minimum absolute atomic E-state index is 0.663. The molecule has 0 fully saturated rings. The van der Waals surface area contributed by atoms with Crippen molar-refractivity contribution in [2.45, 2.75) is 19.9 Å². The Kier molecular flexibility index (Phi) is 4.98. The minimum atomic E-state index is 0.663. The van der Waals surface area contributed by atoms with Crippen LogP contribution in [0.5, 0.6) is 0 Å². The average Bonchev–Trinajstić information content (AvgIpc) is 2.41. The molecule has 94 valence electrons. The van der Waals surface area contributed by atoms with E-state index in [1.54, 1.807) is 0 Å². The van der Waals surface area contributed by atoms with E-state index in [-0.39, 0.29) is 0 Å². The molecule has 0 bridgehead atoms. The third kappa shape index (κ3) is 4.34. The van der Waals surface area contributed by atoms with Gasteiger partial charge < -0.3 is 5.32 Å². The Hall–Kier alpha value is -1.60. The maximum Gasteiger partial charge on any atom is 0.0205 e. The molecule has 2 aromatic rings. The highest BCUT2D eigenvalue weighted by molar-refractivity contribution is 5.15. The van der Waals surface area contributed by atoms with E-state index in [2.05, 4.69) is 72.9 Å². The van der Waals surface area contributed by atoms with Gasteiger partial charge in [0.05, 0.1) is 0 Å². The lowest BCUT2D eigenvalue weighted by atomic mass is 10.0. The molecule has 2 rings (SSSR count). The first kappa shape index (κ1) is 12.8. The molecule has 0 saturated heterocycles. The van der Waals surface area contributed by atoms with E-state index in [1.807, 2.05) is 0 Å².